The summed E-state index contributed by atoms with van der Waals surface area (Å²) in [5, 5.41) is 1.90. The van der Waals surface area contributed by atoms with Crippen molar-refractivity contribution in [3.05, 3.63) is 57.7 Å². The van der Waals surface area contributed by atoms with Crippen molar-refractivity contribution in [2.75, 3.05) is 7.11 Å². The van der Waals surface area contributed by atoms with E-state index < -0.39 is 5.92 Å². The summed E-state index contributed by atoms with van der Waals surface area (Å²) in [7, 11) is 1.58. The summed E-state index contributed by atoms with van der Waals surface area (Å²) in [4.78, 5) is 16.1. The van der Waals surface area contributed by atoms with E-state index in [-0.39, 0.29) is 5.78 Å². The van der Waals surface area contributed by atoms with Crippen LogP contribution in [0.3, 0.4) is 0 Å². The number of methoxy groups -OCH3 is 1. The largest absolute Gasteiger partial charge is 0.497 e. The molecule has 0 radical (unpaired) electrons. The minimum atomic E-state index is -0.548. The molecule has 0 fully saturated rings. The lowest BCUT2D eigenvalue weighted by Gasteiger charge is -2.08. The molecule has 0 saturated heterocycles. The Kier molecular flexibility index (Phi) is 4.45. The van der Waals surface area contributed by atoms with Gasteiger partial charge in [-0.15, -0.1) is 11.3 Å². The Morgan fingerprint density at radius 2 is 2.00 bits per heavy atom. The van der Waals surface area contributed by atoms with E-state index >= 15 is 0 Å². The van der Waals surface area contributed by atoms with Crippen LogP contribution in [0.5, 0.6) is 5.75 Å². The summed E-state index contributed by atoms with van der Waals surface area (Å²) in [6, 6.07) is 10.8. The zero-order valence-electron chi connectivity index (χ0n) is 11.2. The molecule has 5 heteroatoms. The van der Waals surface area contributed by atoms with Gasteiger partial charge in [-0.3, -0.25) is 4.79 Å². The fraction of sp³-hybridized carbons (Fsp3) is 0.200. The number of carbonyl (C=O) groups is 1. The van der Waals surface area contributed by atoms with Crippen LogP contribution in [0.1, 0.15) is 23.3 Å². The van der Waals surface area contributed by atoms with E-state index in [1.54, 1.807) is 31.4 Å². The van der Waals surface area contributed by atoms with Crippen LogP contribution in [0, 0.1) is 0 Å². The monoisotopic (exact) mass is 286 g/mol. The second-order valence-electron chi connectivity index (χ2n) is 4.27. The van der Waals surface area contributed by atoms with Gasteiger partial charge in [-0.25, -0.2) is 0 Å². The SMILES string of the molecule is COc1ccc(C(=[N+]=[N-])C(C(C)=O)c2cccs2)cc1. The number of ether oxygens (including phenoxy) is 1. The predicted octanol–water partition coefficient (Wildman–Crippen LogP) is 3.15. The fourth-order valence-corrected chi connectivity index (χ4v) is 2.91. The lowest BCUT2D eigenvalue weighted by atomic mass is 9.92. The lowest BCUT2D eigenvalue weighted by Crippen LogP contribution is -2.21. The van der Waals surface area contributed by atoms with Gasteiger partial charge in [0.15, 0.2) is 5.92 Å². The summed E-state index contributed by atoms with van der Waals surface area (Å²) in [6.07, 6.45) is 0. The van der Waals surface area contributed by atoms with Crippen LogP contribution in [0.2, 0.25) is 0 Å². The van der Waals surface area contributed by atoms with Crippen molar-refractivity contribution in [2.24, 2.45) is 0 Å². The summed E-state index contributed by atoms with van der Waals surface area (Å²) in [6.45, 7) is 1.50. The summed E-state index contributed by atoms with van der Waals surface area (Å²) >= 11 is 1.47. The highest BCUT2D eigenvalue weighted by Gasteiger charge is 2.32. The molecule has 0 saturated carbocycles. The van der Waals surface area contributed by atoms with Crippen LogP contribution < -0.4 is 4.74 Å². The number of thiophene rings is 1. The molecule has 102 valence electrons. The van der Waals surface area contributed by atoms with Gasteiger partial charge in [0.25, 0.3) is 0 Å². The van der Waals surface area contributed by atoms with E-state index in [2.05, 4.69) is 4.79 Å². The van der Waals surface area contributed by atoms with Crippen LogP contribution in [0.15, 0.2) is 41.8 Å². The quantitative estimate of drug-likeness (QED) is 0.481. The first-order chi connectivity index (χ1) is 9.67. The van der Waals surface area contributed by atoms with Crippen molar-refractivity contribution in [3.8, 4) is 5.75 Å². The van der Waals surface area contributed by atoms with Crippen molar-refractivity contribution >= 4 is 22.8 Å². The maximum Gasteiger partial charge on any atom is 0.314 e. The van der Waals surface area contributed by atoms with Crippen molar-refractivity contribution < 1.29 is 14.3 Å². The standard InChI is InChI=1S/C15H14N2O2S/c1-10(18)14(13-4-3-9-20-13)15(17-16)11-5-7-12(19-2)8-6-11/h3-9,14H,1-2H3. The van der Waals surface area contributed by atoms with Crippen molar-refractivity contribution in [3.63, 3.8) is 0 Å². The van der Waals surface area contributed by atoms with Crippen molar-refractivity contribution in [1.82, 2.24) is 0 Å². The number of ketones is 1. The molecule has 20 heavy (non-hydrogen) atoms. The van der Waals surface area contributed by atoms with E-state index in [4.69, 9.17) is 4.74 Å². The second kappa shape index (κ2) is 6.28. The van der Waals surface area contributed by atoms with Gasteiger partial charge in [0.1, 0.15) is 11.5 Å². The van der Waals surface area contributed by atoms with E-state index in [0.29, 0.717) is 17.0 Å². The Hall–Kier alpha value is -2.23. The Bertz CT molecular complexity index is 641. The third-order valence-corrected chi connectivity index (χ3v) is 3.94. The summed E-state index contributed by atoms with van der Waals surface area (Å²) < 4.78 is 5.10. The van der Waals surface area contributed by atoms with Gasteiger partial charge in [0.05, 0.1) is 12.7 Å². The average molecular weight is 286 g/mol. The molecule has 1 heterocycles. The van der Waals surface area contributed by atoms with Gasteiger partial charge in [-0.1, -0.05) is 6.07 Å². The van der Waals surface area contributed by atoms with Gasteiger partial charge in [-0.05, 0) is 42.6 Å². The molecule has 0 bridgehead atoms. The Labute approximate surface area is 121 Å². The molecule has 1 atom stereocenters. The number of Topliss-reactive ketones (excluding diaryl/α,β-unsaturated/α-hetero) is 1. The fourth-order valence-electron chi connectivity index (χ4n) is 2.03. The van der Waals surface area contributed by atoms with Crippen LogP contribution in [0.4, 0.5) is 0 Å². The summed E-state index contributed by atoms with van der Waals surface area (Å²) in [5.41, 5.74) is 10.4. The van der Waals surface area contributed by atoms with Crippen LogP contribution in [0.25, 0.3) is 5.53 Å². The van der Waals surface area contributed by atoms with Gasteiger partial charge in [-0.2, -0.15) is 4.79 Å². The Morgan fingerprint density at radius 3 is 2.45 bits per heavy atom. The second-order valence-corrected chi connectivity index (χ2v) is 5.25. The van der Waals surface area contributed by atoms with Gasteiger partial charge >= 0.3 is 5.71 Å². The molecule has 0 N–H and O–H groups in total. The van der Waals surface area contributed by atoms with Crippen molar-refractivity contribution in [2.45, 2.75) is 12.8 Å². The highest BCUT2D eigenvalue weighted by atomic mass is 32.1. The summed E-state index contributed by atoms with van der Waals surface area (Å²) in [5.74, 6) is 0.103. The van der Waals surface area contributed by atoms with Crippen LogP contribution in [-0.4, -0.2) is 23.4 Å². The maximum atomic E-state index is 11.9. The lowest BCUT2D eigenvalue weighted by molar-refractivity contribution is -0.117. The number of rotatable bonds is 5. The third-order valence-electron chi connectivity index (χ3n) is 3.00. The number of nitrogens with zero attached hydrogens (tertiary/aromatic N) is 2. The smallest absolute Gasteiger partial charge is 0.314 e. The van der Waals surface area contributed by atoms with E-state index in [9.17, 15) is 10.3 Å². The molecule has 2 rings (SSSR count). The topological polar surface area (TPSA) is 62.7 Å². The molecular weight excluding hydrogens is 272 g/mol. The van der Waals surface area contributed by atoms with E-state index in [0.717, 1.165) is 4.88 Å². The molecule has 1 aromatic carbocycles. The maximum absolute atomic E-state index is 11.9. The first kappa shape index (κ1) is 14.2. The minimum Gasteiger partial charge on any atom is -0.497 e. The first-order valence-corrected chi connectivity index (χ1v) is 6.95. The van der Waals surface area contributed by atoms with E-state index in [1.807, 2.05) is 17.5 Å². The minimum absolute atomic E-state index is 0.0592. The molecule has 1 aromatic heterocycles. The molecule has 0 aliphatic carbocycles. The van der Waals surface area contributed by atoms with Gasteiger partial charge < -0.3 is 10.3 Å². The van der Waals surface area contributed by atoms with Gasteiger partial charge in [0, 0.05) is 4.88 Å². The highest BCUT2D eigenvalue weighted by Crippen LogP contribution is 2.26. The van der Waals surface area contributed by atoms with Gasteiger partial charge in [0.2, 0.25) is 0 Å². The molecule has 1 unspecified atom stereocenters. The predicted molar refractivity (Wildman–Crippen MR) is 78.5 cm³/mol. The molecule has 2 aromatic rings. The zero-order valence-corrected chi connectivity index (χ0v) is 12.1. The molecule has 4 nitrogen and oxygen atoms in total. The van der Waals surface area contributed by atoms with Crippen LogP contribution >= 0.6 is 11.3 Å². The third kappa shape index (κ3) is 2.85. The number of carbonyl (C=O) groups excluding carboxylic acids is 1. The molecular formula is C15H14N2O2S. The van der Waals surface area contributed by atoms with E-state index in [1.165, 1.54) is 18.3 Å². The van der Waals surface area contributed by atoms with Crippen molar-refractivity contribution in [1.29, 1.82) is 0 Å². The number of hydrogen-bond acceptors (Lipinski definition) is 3. The molecule has 0 aliphatic heterocycles. The highest BCUT2D eigenvalue weighted by molar-refractivity contribution is 7.10. The Morgan fingerprint density at radius 1 is 1.30 bits per heavy atom. The zero-order chi connectivity index (χ0) is 14.5. The molecule has 0 amide bonds. The molecule has 0 aliphatic rings. The van der Waals surface area contributed by atoms with Crippen LogP contribution in [-0.2, 0) is 4.79 Å². The number of hydrogen-bond donors (Lipinski definition) is 0. The number of benzene rings is 1. The molecule has 0 spiro atoms. The Balaban J connectivity index is 2.44. The first-order valence-electron chi connectivity index (χ1n) is 6.07. The normalized spacial score (nSPS) is 11.5. The average Bonchev–Trinajstić information content (AvgIpc) is 2.98.